The first-order chi connectivity index (χ1) is 17.0. The van der Waals surface area contributed by atoms with Crippen molar-refractivity contribution in [3.05, 3.63) is 65.4 Å². The molecule has 0 bridgehead atoms. The first-order valence-corrected chi connectivity index (χ1v) is 12.5. The maximum Gasteiger partial charge on any atom is 0.421 e. The Bertz CT molecular complexity index is 1410. The molecule has 13 heteroatoms. The molecule has 4 rings (SSSR count). The van der Waals surface area contributed by atoms with Gasteiger partial charge in [-0.1, -0.05) is 18.2 Å². The van der Waals surface area contributed by atoms with E-state index in [-0.39, 0.29) is 30.6 Å². The van der Waals surface area contributed by atoms with Gasteiger partial charge in [0, 0.05) is 31.2 Å². The summed E-state index contributed by atoms with van der Waals surface area (Å²) in [6.07, 6.45) is -3.84. The van der Waals surface area contributed by atoms with Crippen LogP contribution in [0.1, 0.15) is 23.6 Å². The smallest absolute Gasteiger partial charge is 0.365 e. The number of para-hydroxylation sites is 1. The Hall–Kier alpha value is -3.87. The molecule has 36 heavy (non-hydrogen) atoms. The van der Waals surface area contributed by atoms with E-state index in [1.165, 1.54) is 14.0 Å². The predicted molar refractivity (Wildman–Crippen MR) is 131 cm³/mol. The number of hydrogen-bond acceptors (Lipinski definition) is 7. The number of rotatable bonds is 8. The van der Waals surface area contributed by atoms with Crippen LogP contribution < -0.4 is 20.3 Å². The van der Waals surface area contributed by atoms with Crippen LogP contribution in [0.3, 0.4) is 0 Å². The van der Waals surface area contributed by atoms with Crippen LogP contribution in [0, 0.1) is 0 Å². The topological polar surface area (TPSA) is 116 Å². The third-order valence-corrected chi connectivity index (χ3v) is 7.40. The number of aromatic nitrogens is 2. The zero-order valence-corrected chi connectivity index (χ0v) is 20.2. The van der Waals surface area contributed by atoms with E-state index in [9.17, 15) is 26.4 Å². The minimum absolute atomic E-state index is 0.0818. The number of fused-ring (bicyclic) bond motifs is 1. The molecule has 1 aliphatic heterocycles. The minimum Gasteiger partial charge on any atom is -0.365 e. The van der Waals surface area contributed by atoms with Crippen LogP contribution in [-0.2, 0) is 34.0 Å². The number of sulfonamides is 1. The largest absolute Gasteiger partial charge is 0.421 e. The number of hydrogen-bond donors (Lipinski definition) is 3. The van der Waals surface area contributed by atoms with Gasteiger partial charge in [-0.05, 0) is 42.3 Å². The summed E-state index contributed by atoms with van der Waals surface area (Å²) in [6.45, 7) is 1.39. The van der Waals surface area contributed by atoms with E-state index in [0.717, 1.165) is 9.87 Å². The quantitative estimate of drug-likeness (QED) is 0.409. The number of alkyl halides is 3. The normalized spacial score (nSPS) is 13.2. The summed E-state index contributed by atoms with van der Waals surface area (Å²) in [5, 5.41) is 8.26. The molecule has 0 unspecified atom stereocenters. The Kier molecular flexibility index (Phi) is 6.76. The van der Waals surface area contributed by atoms with E-state index in [2.05, 4.69) is 25.9 Å². The fourth-order valence-corrected chi connectivity index (χ4v) is 4.58. The molecule has 3 N–H and O–H groups in total. The Labute approximate surface area is 205 Å². The summed E-state index contributed by atoms with van der Waals surface area (Å²) >= 11 is 0. The number of nitrogens with zero attached hydrogens (tertiary/aromatic N) is 3. The summed E-state index contributed by atoms with van der Waals surface area (Å²) in [7, 11) is -2.18. The molecular weight excluding hydrogens is 497 g/mol. The van der Waals surface area contributed by atoms with Gasteiger partial charge < -0.3 is 16.0 Å². The van der Waals surface area contributed by atoms with Gasteiger partial charge >= 0.3 is 6.18 Å². The molecule has 0 saturated carbocycles. The molecule has 0 fully saturated rings. The van der Waals surface area contributed by atoms with Gasteiger partial charge in [0.15, 0.2) is 0 Å². The lowest BCUT2D eigenvalue weighted by atomic mass is 10.1. The summed E-state index contributed by atoms with van der Waals surface area (Å²) in [4.78, 5) is 19.4. The number of halogens is 3. The van der Waals surface area contributed by atoms with Crippen LogP contribution >= 0.6 is 0 Å². The first-order valence-electron chi connectivity index (χ1n) is 10.9. The van der Waals surface area contributed by atoms with Crippen molar-refractivity contribution in [1.82, 2.24) is 9.97 Å². The molecule has 3 aromatic rings. The van der Waals surface area contributed by atoms with Crippen molar-refractivity contribution >= 4 is 44.8 Å². The Balaban J connectivity index is 1.61. The average Bonchev–Trinajstić information content (AvgIpc) is 3.21. The third kappa shape index (κ3) is 5.35. The van der Waals surface area contributed by atoms with Gasteiger partial charge in [-0.15, -0.1) is 0 Å². The molecular formula is C23H23F3N6O3S. The fraction of sp³-hybridized carbons (Fsp3) is 0.261. The van der Waals surface area contributed by atoms with Crippen molar-refractivity contribution in [2.24, 2.45) is 0 Å². The lowest BCUT2D eigenvalue weighted by Gasteiger charge is -2.22. The third-order valence-electron chi connectivity index (χ3n) is 5.64. The van der Waals surface area contributed by atoms with Gasteiger partial charge in [0.1, 0.15) is 11.4 Å². The Morgan fingerprint density at radius 2 is 1.92 bits per heavy atom. The molecule has 0 spiro atoms. The highest BCUT2D eigenvalue weighted by Gasteiger charge is 2.35. The maximum atomic E-state index is 13.7. The highest BCUT2D eigenvalue weighted by Crippen LogP contribution is 2.35. The van der Waals surface area contributed by atoms with E-state index >= 15 is 0 Å². The average molecular weight is 521 g/mol. The molecule has 1 amide bonds. The van der Waals surface area contributed by atoms with Gasteiger partial charge in [-0.2, -0.15) is 18.2 Å². The van der Waals surface area contributed by atoms with Gasteiger partial charge in [0.25, 0.3) is 0 Å². The molecule has 1 aromatic heterocycles. The minimum atomic E-state index is -4.72. The van der Waals surface area contributed by atoms with E-state index in [0.29, 0.717) is 28.8 Å². The SMILES string of the molecule is CCS(=O)(=O)N(C)c1ccccc1CNc1nc(Nc2ccc3c(c2)CC(=O)N3)ncc1C(F)(F)F. The molecule has 0 atom stereocenters. The molecule has 2 aromatic carbocycles. The van der Waals surface area contributed by atoms with Crippen molar-refractivity contribution in [1.29, 1.82) is 0 Å². The van der Waals surface area contributed by atoms with Crippen molar-refractivity contribution < 1.29 is 26.4 Å². The zero-order valence-electron chi connectivity index (χ0n) is 19.3. The molecule has 9 nitrogen and oxygen atoms in total. The van der Waals surface area contributed by atoms with Gasteiger partial charge in [0.05, 0.1) is 17.9 Å². The van der Waals surface area contributed by atoms with Crippen LogP contribution in [0.25, 0.3) is 0 Å². The molecule has 0 saturated heterocycles. The van der Waals surface area contributed by atoms with E-state index < -0.39 is 27.6 Å². The molecule has 190 valence electrons. The van der Waals surface area contributed by atoms with Gasteiger partial charge in [0.2, 0.25) is 21.9 Å². The van der Waals surface area contributed by atoms with Crippen LogP contribution in [0.2, 0.25) is 0 Å². The first kappa shape index (κ1) is 25.2. The zero-order chi connectivity index (χ0) is 26.1. The number of carbonyl (C=O) groups is 1. The summed E-state index contributed by atoms with van der Waals surface area (Å²) in [5.41, 5.74) is 1.67. The summed E-state index contributed by atoms with van der Waals surface area (Å²) in [6, 6.07) is 11.5. The van der Waals surface area contributed by atoms with E-state index in [4.69, 9.17) is 0 Å². The number of nitrogens with one attached hydrogen (secondary N) is 3. The fourth-order valence-electron chi connectivity index (χ4n) is 3.71. The lowest BCUT2D eigenvalue weighted by molar-refractivity contribution is -0.137. The number of carbonyl (C=O) groups excluding carboxylic acids is 1. The second kappa shape index (κ2) is 9.64. The Morgan fingerprint density at radius 1 is 1.17 bits per heavy atom. The summed E-state index contributed by atoms with van der Waals surface area (Å²) in [5.74, 6) is -0.815. The van der Waals surface area contributed by atoms with Crippen LogP contribution in [0.4, 0.5) is 42.0 Å². The van der Waals surface area contributed by atoms with Gasteiger partial charge in [-0.25, -0.2) is 13.4 Å². The second-order valence-electron chi connectivity index (χ2n) is 8.03. The monoisotopic (exact) mass is 520 g/mol. The van der Waals surface area contributed by atoms with Crippen molar-refractivity contribution in [2.45, 2.75) is 26.1 Å². The second-order valence-corrected chi connectivity index (χ2v) is 10.3. The molecule has 2 heterocycles. The number of amides is 1. The number of benzene rings is 2. The van der Waals surface area contributed by atoms with Crippen molar-refractivity contribution in [3.8, 4) is 0 Å². The van der Waals surface area contributed by atoms with E-state index in [1.54, 1.807) is 42.5 Å². The maximum absolute atomic E-state index is 13.7. The standard InChI is InChI=1S/C23H23F3N6O3S/c1-3-36(34,35)32(2)19-7-5-4-6-14(19)12-27-21-17(23(24,25)26)13-28-22(31-21)29-16-8-9-18-15(10-16)11-20(33)30-18/h4-10,13H,3,11-12H2,1-2H3,(H,30,33)(H2,27,28,29,31). The predicted octanol–water partition coefficient (Wildman–Crippen LogP) is 4.13. The highest BCUT2D eigenvalue weighted by atomic mass is 32.2. The molecule has 0 aliphatic carbocycles. The number of anilines is 5. The van der Waals surface area contributed by atoms with E-state index in [1.807, 2.05) is 0 Å². The lowest BCUT2D eigenvalue weighted by Crippen LogP contribution is -2.29. The Morgan fingerprint density at radius 3 is 2.64 bits per heavy atom. The van der Waals surface area contributed by atoms with Crippen LogP contribution in [0.5, 0.6) is 0 Å². The summed E-state index contributed by atoms with van der Waals surface area (Å²) < 4.78 is 66.7. The van der Waals surface area contributed by atoms with Crippen LogP contribution in [-0.4, -0.2) is 37.1 Å². The van der Waals surface area contributed by atoms with Crippen LogP contribution in [0.15, 0.2) is 48.7 Å². The van der Waals surface area contributed by atoms with Crippen molar-refractivity contribution in [2.75, 3.05) is 33.1 Å². The molecule has 0 radical (unpaired) electrons. The molecule has 1 aliphatic rings. The van der Waals surface area contributed by atoms with Gasteiger partial charge in [-0.3, -0.25) is 9.10 Å². The highest BCUT2D eigenvalue weighted by molar-refractivity contribution is 7.92. The van der Waals surface area contributed by atoms with Crippen molar-refractivity contribution in [3.63, 3.8) is 0 Å².